The molecular formula is C30H51BN4O6+. The Morgan fingerprint density at radius 2 is 1.73 bits per heavy atom. The molecule has 1 atom stereocenters. The fraction of sp³-hybridized carbons (Fsp3) is 0.567. The average Bonchev–Trinajstić information content (AvgIpc) is 3.44. The van der Waals surface area contributed by atoms with Crippen LogP contribution < -0.4 is 25.8 Å². The van der Waals surface area contributed by atoms with Crippen molar-refractivity contribution in [3.8, 4) is 5.75 Å². The molecule has 41 heavy (non-hydrogen) atoms. The summed E-state index contributed by atoms with van der Waals surface area (Å²) in [6, 6.07) is 2.93. The number of alkyl carbamates (subject to hydrolysis) is 1. The van der Waals surface area contributed by atoms with E-state index in [9.17, 15) is 19.7 Å². The second-order valence-corrected chi connectivity index (χ2v) is 8.37. The molecule has 0 saturated carbocycles. The van der Waals surface area contributed by atoms with Gasteiger partial charge in [-0.05, 0) is 57.6 Å². The number of nitrogens with zero attached hydrogens (tertiary/aromatic N) is 1. The summed E-state index contributed by atoms with van der Waals surface area (Å²) in [6.45, 7) is 23.2. The first-order valence-electron chi connectivity index (χ1n) is 14.6. The maximum absolute atomic E-state index is 12.9. The molecule has 0 fully saturated rings. The standard InChI is InChI=1S/C24H32BN4O6.3C2H6/c1-7-9-10-26-21(14(3)4)23(30)27-22(15(5)8-2)28-24(31)35-16(6)17-11-20-18(25-13-34-20)12-19(17)29(32)33;3*1-2/h10-12,16H,7-9,13H2,1-6H3,(H,27,30)(H,28,31);3*1-2H3/p+1. The van der Waals surface area contributed by atoms with Crippen LogP contribution >= 0.6 is 0 Å². The minimum Gasteiger partial charge on any atom is -0.503 e. The summed E-state index contributed by atoms with van der Waals surface area (Å²) in [5.74, 6) is 0.293. The summed E-state index contributed by atoms with van der Waals surface area (Å²) in [5.41, 5.74) is 2.56. The van der Waals surface area contributed by atoms with Gasteiger partial charge in [-0.25, -0.2) is 9.79 Å². The zero-order valence-electron chi connectivity index (χ0n) is 27.1. The van der Waals surface area contributed by atoms with Crippen LogP contribution in [0.3, 0.4) is 0 Å². The lowest BCUT2D eigenvalue weighted by Crippen LogP contribution is -2.70. The quantitative estimate of drug-likeness (QED) is 0.116. The van der Waals surface area contributed by atoms with E-state index in [0.29, 0.717) is 29.8 Å². The van der Waals surface area contributed by atoms with Gasteiger partial charge in [-0.1, -0.05) is 55.4 Å². The number of carbonyl (C=O) groups is 2. The Hall–Kier alpha value is -3.63. The van der Waals surface area contributed by atoms with Crippen LogP contribution in [0.2, 0.25) is 0 Å². The highest BCUT2D eigenvalue weighted by Gasteiger charge is 2.28. The van der Waals surface area contributed by atoms with Crippen LogP contribution in [0.4, 0.5) is 10.5 Å². The molecule has 1 aliphatic rings. The average molecular weight is 575 g/mol. The number of nitrogens with one attached hydrogen (secondary N) is 3. The van der Waals surface area contributed by atoms with E-state index in [0.717, 1.165) is 24.0 Å². The summed E-state index contributed by atoms with van der Waals surface area (Å²) in [6.07, 6.45) is 2.31. The van der Waals surface area contributed by atoms with Crippen molar-refractivity contribution in [2.45, 2.75) is 108 Å². The van der Waals surface area contributed by atoms with Crippen molar-refractivity contribution in [1.82, 2.24) is 10.6 Å². The third-order valence-corrected chi connectivity index (χ3v) is 5.45. The van der Waals surface area contributed by atoms with E-state index in [2.05, 4.69) is 15.6 Å². The topological polar surface area (TPSA) is 134 Å². The van der Waals surface area contributed by atoms with E-state index >= 15 is 0 Å². The number of fused-ring (bicyclic) bond motifs is 1. The normalized spacial score (nSPS) is 12.1. The van der Waals surface area contributed by atoms with E-state index in [1.165, 1.54) is 19.1 Å². The van der Waals surface area contributed by atoms with Gasteiger partial charge in [0.1, 0.15) is 23.9 Å². The Labute approximate surface area is 247 Å². The van der Waals surface area contributed by atoms with Gasteiger partial charge in [-0.15, -0.1) is 0 Å². The number of rotatable bonds is 10. The zero-order chi connectivity index (χ0) is 32.1. The lowest BCUT2D eigenvalue weighted by molar-refractivity contribution is -0.388. The van der Waals surface area contributed by atoms with Crippen LogP contribution in [-0.4, -0.2) is 36.9 Å². The Bertz CT molecular complexity index is 1080. The summed E-state index contributed by atoms with van der Waals surface area (Å²) in [7, 11) is 1.74. The van der Waals surface area contributed by atoms with E-state index in [1.807, 2.05) is 75.5 Å². The predicted molar refractivity (Wildman–Crippen MR) is 167 cm³/mol. The molecule has 0 bridgehead atoms. The molecule has 1 aromatic rings. The Morgan fingerprint density at radius 3 is 2.24 bits per heavy atom. The number of hydrogen-bond donors (Lipinski definition) is 3. The molecule has 1 radical (unpaired) electrons. The molecular weight excluding hydrogens is 523 g/mol. The molecule has 3 N–H and O–H groups in total. The fourth-order valence-electron chi connectivity index (χ4n) is 3.30. The fourth-order valence-corrected chi connectivity index (χ4v) is 3.30. The highest BCUT2D eigenvalue weighted by molar-refractivity contribution is 6.56. The highest BCUT2D eigenvalue weighted by Crippen LogP contribution is 2.31. The molecule has 1 unspecified atom stereocenters. The molecule has 2 rings (SSSR count). The number of benzene rings is 1. The summed E-state index contributed by atoms with van der Waals surface area (Å²) < 4.78 is 10.9. The number of hydrogen-bond acceptors (Lipinski definition) is 6. The number of nitro groups is 1. The number of amides is 2. The van der Waals surface area contributed by atoms with Crippen LogP contribution in [0.1, 0.15) is 114 Å². The van der Waals surface area contributed by atoms with Crippen molar-refractivity contribution in [3.63, 3.8) is 0 Å². The highest BCUT2D eigenvalue weighted by atomic mass is 16.6. The molecule has 11 heteroatoms. The molecule has 10 nitrogen and oxygen atoms in total. The SMILES string of the molecule is CC.CC.CC.CCCC=[NH+]C(C(=O)NC(NC(=O)OC(C)c1cc2c(cc1[N+](=O)[O-])[B]CO2)=C(C)CC)=C(C)C. The third-order valence-electron chi connectivity index (χ3n) is 5.45. The van der Waals surface area contributed by atoms with Gasteiger partial charge in [-0.2, -0.15) is 0 Å². The number of ether oxygens (including phenoxy) is 2. The maximum Gasteiger partial charge on any atom is 0.413 e. The first kappa shape index (κ1) is 39.5. The van der Waals surface area contributed by atoms with Gasteiger partial charge in [-0.3, -0.25) is 20.2 Å². The molecule has 0 spiro atoms. The number of nitro benzene ring substituents is 1. The maximum atomic E-state index is 12.9. The molecule has 1 heterocycles. The lowest BCUT2D eigenvalue weighted by Gasteiger charge is -2.18. The smallest absolute Gasteiger partial charge is 0.413 e. The number of unbranched alkanes of at least 4 members (excludes halogenated alkanes) is 1. The third kappa shape index (κ3) is 13.1. The van der Waals surface area contributed by atoms with Gasteiger partial charge in [0, 0.05) is 18.1 Å². The van der Waals surface area contributed by atoms with Crippen LogP contribution in [0.25, 0.3) is 0 Å². The van der Waals surface area contributed by atoms with Crippen molar-refractivity contribution in [1.29, 1.82) is 0 Å². The Kier molecular flexibility index (Phi) is 21.3. The summed E-state index contributed by atoms with van der Waals surface area (Å²) in [4.78, 5) is 39.7. The van der Waals surface area contributed by atoms with Crippen molar-refractivity contribution in [2.24, 2.45) is 0 Å². The minimum absolute atomic E-state index is 0.165. The summed E-state index contributed by atoms with van der Waals surface area (Å²) in [5, 5.41) is 16.9. The van der Waals surface area contributed by atoms with Crippen molar-refractivity contribution < 1.29 is 29.0 Å². The number of allylic oxidation sites excluding steroid dienone is 2. The van der Waals surface area contributed by atoms with Crippen molar-refractivity contribution >= 4 is 36.6 Å². The van der Waals surface area contributed by atoms with Crippen LogP contribution in [-0.2, 0) is 9.53 Å². The molecule has 2 amide bonds. The second kappa shape index (κ2) is 22.1. The Morgan fingerprint density at radius 1 is 1.12 bits per heavy atom. The molecule has 0 saturated heterocycles. The molecule has 1 aliphatic heterocycles. The van der Waals surface area contributed by atoms with Gasteiger partial charge < -0.3 is 14.8 Å². The van der Waals surface area contributed by atoms with Gasteiger partial charge >= 0.3 is 12.0 Å². The van der Waals surface area contributed by atoms with E-state index in [4.69, 9.17) is 9.47 Å². The van der Waals surface area contributed by atoms with E-state index < -0.39 is 23.0 Å². The first-order chi connectivity index (χ1) is 19.6. The largest absolute Gasteiger partial charge is 0.503 e. The second-order valence-electron chi connectivity index (χ2n) is 8.37. The van der Waals surface area contributed by atoms with Crippen molar-refractivity contribution in [3.05, 3.63) is 50.5 Å². The van der Waals surface area contributed by atoms with Crippen LogP contribution in [0, 0.1) is 10.1 Å². The van der Waals surface area contributed by atoms with E-state index in [-0.39, 0.29) is 17.1 Å². The minimum atomic E-state index is -0.942. The van der Waals surface area contributed by atoms with Gasteiger partial charge in [0.15, 0.2) is 0 Å². The first-order valence-corrected chi connectivity index (χ1v) is 14.6. The molecule has 1 aromatic carbocycles. The predicted octanol–water partition coefficient (Wildman–Crippen LogP) is 5.14. The summed E-state index contributed by atoms with van der Waals surface area (Å²) >= 11 is 0. The van der Waals surface area contributed by atoms with Gasteiger partial charge in [0.25, 0.3) is 11.4 Å². The Balaban J connectivity index is 0. The van der Waals surface area contributed by atoms with Gasteiger partial charge in [0.05, 0.1) is 17.0 Å². The zero-order valence-corrected chi connectivity index (χ0v) is 27.1. The molecule has 0 aliphatic carbocycles. The molecule has 0 aromatic heterocycles. The van der Waals surface area contributed by atoms with Crippen LogP contribution in [0.5, 0.6) is 5.75 Å². The molecule has 229 valence electrons. The van der Waals surface area contributed by atoms with Gasteiger partial charge in [0.2, 0.25) is 7.28 Å². The monoisotopic (exact) mass is 574 g/mol. The van der Waals surface area contributed by atoms with Crippen LogP contribution in [0.15, 0.2) is 34.8 Å². The number of carbonyl (C=O) groups excluding carboxylic acids is 2. The van der Waals surface area contributed by atoms with Crippen molar-refractivity contribution in [2.75, 3.05) is 6.51 Å². The van der Waals surface area contributed by atoms with E-state index in [1.54, 1.807) is 14.2 Å². The lowest BCUT2D eigenvalue weighted by atomic mass is 9.72.